The van der Waals surface area contributed by atoms with Crippen LogP contribution < -0.4 is 5.32 Å². The molecule has 0 radical (unpaired) electrons. The van der Waals surface area contributed by atoms with Crippen LogP contribution >= 0.6 is 0 Å². The minimum absolute atomic E-state index is 0.0906. The molecule has 0 bridgehead atoms. The highest BCUT2D eigenvalue weighted by Crippen LogP contribution is 2.24. The van der Waals surface area contributed by atoms with Crippen LogP contribution in [0, 0.1) is 26.7 Å². The molecule has 1 saturated heterocycles. The van der Waals surface area contributed by atoms with E-state index in [0.717, 1.165) is 18.6 Å². The summed E-state index contributed by atoms with van der Waals surface area (Å²) in [6, 6.07) is 3.69. The summed E-state index contributed by atoms with van der Waals surface area (Å²) in [5, 5.41) is 2.90. The fourth-order valence-corrected chi connectivity index (χ4v) is 3.98. The van der Waals surface area contributed by atoms with Gasteiger partial charge in [0.05, 0.1) is 24.1 Å². The smallest absolute Gasteiger partial charge is 0.340 e. The zero-order valence-electron chi connectivity index (χ0n) is 18.8. The Morgan fingerprint density at radius 1 is 1.26 bits per heavy atom. The van der Waals surface area contributed by atoms with Gasteiger partial charge in [-0.1, -0.05) is 0 Å². The van der Waals surface area contributed by atoms with E-state index in [9.17, 15) is 14.4 Å². The predicted octanol–water partition coefficient (Wildman–Crippen LogP) is 3.27. The SMILES string of the molecule is Cc1ccc(CNC(=O)[C@H]2CCCN(C(=O)c3[nH]c(C)c(C(=O)OC(C)C)c3C)C2)o1. The van der Waals surface area contributed by atoms with Gasteiger partial charge in [-0.25, -0.2) is 4.79 Å². The molecule has 3 heterocycles. The number of aryl methyl sites for hydroxylation is 2. The maximum atomic E-state index is 13.2. The molecule has 1 aliphatic heterocycles. The number of rotatable bonds is 6. The van der Waals surface area contributed by atoms with Gasteiger partial charge < -0.3 is 24.4 Å². The van der Waals surface area contributed by atoms with Gasteiger partial charge in [0.2, 0.25) is 5.91 Å². The number of nitrogens with zero attached hydrogens (tertiary/aromatic N) is 1. The number of amides is 2. The minimum Gasteiger partial charge on any atom is -0.465 e. The van der Waals surface area contributed by atoms with Crippen LogP contribution in [0.1, 0.15) is 70.3 Å². The summed E-state index contributed by atoms with van der Waals surface area (Å²) in [4.78, 5) is 43.0. The maximum Gasteiger partial charge on any atom is 0.340 e. The number of hydrogen-bond acceptors (Lipinski definition) is 5. The van der Waals surface area contributed by atoms with E-state index in [1.54, 1.807) is 32.6 Å². The number of ether oxygens (including phenoxy) is 1. The van der Waals surface area contributed by atoms with Crippen molar-refractivity contribution < 1.29 is 23.5 Å². The quantitative estimate of drug-likeness (QED) is 0.686. The van der Waals surface area contributed by atoms with Crippen molar-refractivity contribution in [3.63, 3.8) is 0 Å². The van der Waals surface area contributed by atoms with Gasteiger partial charge in [0, 0.05) is 18.8 Å². The standard InChI is InChI=1S/C23H31N3O5/c1-13(2)30-23(29)19-15(4)20(25-16(19)5)22(28)26-10-6-7-17(12-26)21(27)24-11-18-9-8-14(3)31-18/h8-9,13,17,25H,6-7,10-12H2,1-5H3,(H,24,27)/t17-/m0/s1. The summed E-state index contributed by atoms with van der Waals surface area (Å²) in [6.45, 7) is 10.2. The first-order valence-corrected chi connectivity index (χ1v) is 10.7. The Kier molecular flexibility index (Phi) is 6.87. The van der Waals surface area contributed by atoms with E-state index < -0.39 is 5.97 Å². The highest BCUT2D eigenvalue weighted by Gasteiger charge is 2.32. The fourth-order valence-electron chi connectivity index (χ4n) is 3.98. The Balaban J connectivity index is 1.66. The van der Waals surface area contributed by atoms with Crippen molar-refractivity contribution >= 4 is 17.8 Å². The molecule has 3 rings (SSSR count). The largest absolute Gasteiger partial charge is 0.465 e. The van der Waals surface area contributed by atoms with Crippen LogP contribution in [0.4, 0.5) is 0 Å². The molecule has 0 aliphatic carbocycles. The molecule has 1 aliphatic rings. The lowest BCUT2D eigenvalue weighted by Crippen LogP contribution is -2.45. The van der Waals surface area contributed by atoms with Crippen LogP contribution in [0.5, 0.6) is 0 Å². The van der Waals surface area contributed by atoms with Gasteiger partial charge >= 0.3 is 5.97 Å². The zero-order valence-corrected chi connectivity index (χ0v) is 18.8. The number of aromatic nitrogens is 1. The average molecular weight is 430 g/mol. The predicted molar refractivity (Wildman–Crippen MR) is 115 cm³/mol. The molecule has 2 amide bonds. The number of carbonyl (C=O) groups excluding carboxylic acids is 3. The van der Waals surface area contributed by atoms with Gasteiger partial charge in [0.25, 0.3) is 5.91 Å². The number of likely N-dealkylation sites (tertiary alicyclic amines) is 1. The van der Waals surface area contributed by atoms with Gasteiger partial charge in [0.1, 0.15) is 17.2 Å². The third-order valence-corrected chi connectivity index (χ3v) is 5.51. The molecule has 0 saturated carbocycles. The van der Waals surface area contributed by atoms with Crippen LogP contribution in [0.2, 0.25) is 0 Å². The number of hydrogen-bond donors (Lipinski definition) is 2. The summed E-state index contributed by atoms with van der Waals surface area (Å²) in [7, 11) is 0. The number of esters is 1. The number of aromatic amines is 1. The van der Waals surface area contributed by atoms with E-state index in [1.165, 1.54) is 0 Å². The molecule has 2 N–H and O–H groups in total. The Hall–Kier alpha value is -3.03. The van der Waals surface area contributed by atoms with Crippen LogP contribution in [0.3, 0.4) is 0 Å². The lowest BCUT2D eigenvalue weighted by molar-refractivity contribution is -0.126. The lowest BCUT2D eigenvalue weighted by Gasteiger charge is -2.32. The van der Waals surface area contributed by atoms with E-state index >= 15 is 0 Å². The Labute approximate surface area is 182 Å². The molecule has 0 spiro atoms. The summed E-state index contributed by atoms with van der Waals surface area (Å²) in [6.07, 6.45) is 1.22. The summed E-state index contributed by atoms with van der Waals surface area (Å²) in [5.41, 5.74) is 1.96. The molecule has 168 valence electrons. The molecule has 0 unspecified atom stereocenters. The monoisotopic (exact) mass is 429 g/mol. The highest BCUT2D eigenvalue weighted by molar-refractivity contribution is 6.00. The first-order chi connectivity index (χ1) is 14.7. The van der Waals surface area contributed by atoms with Gasteiger partial charge in [-0.05, 0) is 65.2 Å². The van der Waals surface area contributed by atoms with E-state index in [2.05, 4.69) is 10.3 Å². The second-order valence-corrected chi connectivity index (χ2v) is 8.40. The van der Waals surface area contributed by atoms with E-state index in [0.29, 0.717) is 47.9 Å². The van der Waals surface area contributed by atoms with Crippen molar-refractivity contribution in [2.75, 3.05) is 13.1 Å². The molecule has 31 heavy (non-hydrogen) atoms. The van der Waals surface area contributed by atoms with Gasteiger partial charge in [-0.15, -0.1) is 0 Å². The average Bonchev–Trinajstić information content (AvgIpc) is 3.27. The molecule has 1 fully saturated rings. The van der Waals surface area contributed by atoms with Crippen LogP contribution in [0.25, 0.3) is 0 Å². The minimum atomic E-state index is -0.440. The number of furan rings is 1. The topological polar surface area (TPSA) is 105 Å². The van der Waals surface area contributed by atoms with Crippen LogP contribution in [0.15, 0.2) is 16.5 Å². The van der Waals surface area contributed by atoms with Gasteiger partial charge in [-0.3, -0.25) is 9.59 Å². The first-order valence-electron chi connectivity index (χ1n) is 10.7. The number of H-pyrrole nitrogens is 1. The Morgan fingerprint density at radius 3 is 2.65 bits per heavy atom. The summed E-state index contributed by atoms with van der Waals surface area (Å²) < 4.78 is 10.8. The van der Waals surface area contributed by atoms with Crippen molar-refractivity contribution in [1.82, 2.24) is 15.2 Å². The van der Waals surface area contributed by atoms with Crippen LogP contribution in [-0.2, 0) is 16.1 Å². The van der Waals surface area contributed by atoms with Gasteiger partial charge in [0.15, 0.2) is 0 Å². The van der Waals surface area contributed by atoms with Crippen molar-refractivity contribution in [2.24, 2.45) is 5.92 Å². The molecule has 8 heteroatoms. The number of piperidine rings is 1. The van der Waals surface area contributed by atoms with Crippen molar-refractivity contribution in [2.45, 2.75) is 60.1 Å². The Morgan fingerprint density at radius 2 is 2.00 bits per heavy atom. The van der Waals surface area contributed by atoms with Crippen molar-refractivity contribution in [3.05, 3.63) is 46.2 Å². The Bertz CT molecular complexity index is 972. The third kappa shape index (κ3) is 5.18. The second-order valence-electron chi connectivity index (χ2n) is 8.40. The van der Waals surface area contributed by atoms with Crippen molar-refractivity contribution in [1.29, 1.82) is 0 Å². The highest BCUT2D eigenvalue weighted by atomic mass is 16.5. The fraction of sp³-hybridized carbons (Fsp3) is 0.522. The molecule has 8 nitrogen and oxygen atoms in total. The third-order valence-electron chi connectivity index (χ3n) is 5.51. The second kappa shape index (κ2) is 9.41. The molecule has 2 aromatic heterocycles. The van der Waals surface area contributed by atoms with E-state index in [-0.39, 0.29) is 23.8 Å². The van der Waals surface area contributed by atoms with E-state index in [1.807, 2.05) is 19.1 Å². The maximum absolute atomic E-state index is 13.2. The number of carbonyl (C=O) groups is 3. The molecule has 0 aromatic carbocycles. The van der Waals surface area contributed by atoms with Crippen LogP contribution in [-0.4, -0.2) is 46.9 Å². The zero-order chi connectivity index (χ0) is 22.7. The molecule has 1 atom stereocenters. The number of nitrogens with one attached hydrogen (secondary N) is 2. The summed E-state index contributed by atoms with van der Waals surface area (Å²) >= 11 is 0. The first kappa shape index (κ1) is 22.7. The lowest BCUT2D eigenvalue weighted by atomic mass is 9.96. The van der Waals surface area contributed by atoms with Gasteiger partial charge in [-0.2, -0.15) is 0 Å². The normalized spacial score (nSPS) is 16.5. The van der Waals surface area contributed by atoms with Crippen molar-refractivity contribution in [3.8, 4) is 0 Å². The molecule has 2 aromatic rings. The molecular weight excluding hydrogens is 398 g/mol. The molecular formula is C23H31N3O5. The van der Waals surface area contributed by atoms with E-state index in [4.69, 9.17) is 9.15 Å². The summed E-state index contributed by atoms with van der Waals surface area (Å²) in [5.74, 6) is 0.482.